The van der Waals surface area contributed by atoms with Crippen molar-refractivity contribution in [2.24, 2.45) is 0 Å². The van der Waals surface area contributed by atoms with Gasteiger partial charge in [-0.05, 0) is 56.3 Å². The van der Waals surface area contributed by atoms with Crippen LogP contribution in [0.2, 0.25) is 0 Å². The van der Waals surface area contributed by atoms with E-state index in [1.54, 1.807) is 48.5 Å². The van der Waals surface area contributed by atoms with E-state index in [0.717, 1.165) is 19.6 Å². The molecule has 2 aliphatic rings. The van der Waals surface area contributed by atoms with Gasteiger partial charge in [0.2, 0.25) is 12.5 Å². The molecule has 6 rings (SSSR count). The summed E-state index contributed by atoms with van der Waals surface area (Å²) in [6, 6.07) is 15.1. The van der Waals surface area contributed by atoms with Gasteiger partial charge in [-0.2, -0.15) is 0 Å². The molecule has 1 fully saturated rings. The Kier molecular flexibility index (Phi) is 7.39. The second kappa shape index (κ2) is 11.4. The smallest absolute Gasteiger partial charge is 0.255 e. The quantitative estimate of drug-likeness (QED) is 0.306. The fourth-order valence-corrected chi connectivity index (χ4v) is 5.15. The summed E-state index contributed by atoms with van der Waals surface area (Å²) in [5.41, 5.74) is 1.59. The zero-order chi connectivity index (χ0) is 28.3. The van der Waals surface area contributed by atoms with Crippen molar-refractivity contribution in [2.45, 2.75) is 12.8 Å². The maximum Gasteiger partial charge on any atom is 0.255 e. The highest BCUT2D eigenvalue weighted by Crippen LogP contribution is 2.43. The van der Waals surface area contributed by atoms with E-state index in [1.807, 2.05) is 0 Å². The number of ether oxygens (including phenoxy) is 5. The minimum atomic E-state index is -0.312. The van der Waals surface area contributed by atoms with Crippen LogP contribution in [0.5, 0.6) is 28.7 Å². The van der Waals surface area contributed by atoms with E-state index >= 15 is 0 Å². The Bertz CT molecular complexity index is 1660. The zero-order valence-electron chi connectivity index (χ0n) is 22.9. The Hall–Kier alpha value is -4.70. The van der Waals surface area contributed by atoms with Crippen molar-refractivity contribution in [1.82, 2.24) is 4.90 Å². The molecule has 0 atom stereocenters. The molecule has 0 spiro atoms. The van der Waals surface area contributed by atoms with Crippen LogP contribution in [-0.2, 0) is 0 Å². The summed E-state index contributed by atoms with van der Waals surface area (Å²) >= 11 is 0. The average molecular weight is 559 g/mol. The van der Waals surface area contributed by atoms with Crippen molar-refractivity contribution in [3.8, 4) is 40.1 Å². The maximum atomic E-state index is 13.5. The van der Waals surface area contributed by atoms with Gasteiger partial charge in [-0.15, -0.1) is 0 Å². The van der Waals surface area contributed by atoms with Gasteiger partial charge in [0.05, 0.1) is 14.2 Å². The predicted octanol–water partition coefficient (Wildman–Crippen LogP) is 4.93. The number of carbonyl (C=O) groups is 1. The molecule has 1 amide bonds. The van der Waals surface area contributed by atoms with Crippen LogP contribution in [-0.4, -0.2) is 58.1 Å². The summed E-state index contributed by atoms with van der Waals surface area (Å²) < 4.78 is 34.2. The molecule has 0 aliphatic carbocycles. The van der Waals surface area contributed by atoms with Crippen LogP contribution in [0.3, 0.4) is 0 Å². The molecule has 0 radical (unpaired) electrons. The lowest BCUT2D eigenvalue weighted by atomic mass is 10.1. The number of hydrogen-bond acceptors (Lipinski definition) is 9. The highest BCUT2D eigenvalue weighted by molar-refractivity contribution is 6.05. The van der Waals surface area contributed by atoms with E-state index < -0.39 is 0 Å². The molecule has 212 valence electrons. The molecule has 1 saturated heterocycles. The fourth-order valence-electron chi connectivity index (χ4n) is 5.15. The van der Waals surface area contributed by atoms with Crippen molar-refractivity contribution in [3.05, 3.63) is 70.4 Å². The molecular formula is C31H30N2O8. The van der Waals surface area contributed by atoms with Crippen molar-refractivity contribution in [2.75, 3.05) is 52.6 Å². The highest BCUT2D eigenvalue weighted by Gasteiger charge is 2.23. The fraction of sp³-hybridized carbons (Fsp3) is 0.290. The molecule has 10 nitrogen and oxygen atoms in total. The van der Waals surface area contributed by atoms with Gasteiger partial charge in [-0.3, -0.25) is 14.5 Å². The van der Waals surface area contributed by atoms with Crippen LogP contribution in [0.15, 0.2) is 63.8 Å². The molecule has 0 unspecified atom stereocenters. The number of methoxy groups -OCH3 is 2. The SMILES string of the molecule is COc1cc2oc(-c3cccc(NC(=O)c4ccc5c(c4)OCO5)c3)cc(=O)c2c(OCCN2CCCC2)c1OC. The lowest BCUT2D eigenvalue weighted by molar-refractivity contribution is 0.102. The van der Waals surface area contributed by atoms with Crippen LogP contribution < -0.4 is 34.4 Å². The van der Waals surface area contributed by atoms with E-state index in [2.05, 4.69) is 10.2 Å². The Labute approximate surface area is 236 Å². The van der Waals surface area contributed by atoms with E-state index in [-0.39, 0.29) is 23.5 Å². The molecule has 1 N–H and O–H groups in total. The third-order valence-electron chi connectivity index (χ3n) is 7.21. The summed E-state index contributed by atoms with van der Waals surface area (Å²) in [7, 11) is 3.03. The molecule has 4 aromatic rings. The summed E-state index contributed by atoms with van der Waals surface area (Å²) in [6.07, 6.45) is 2.36. The number of nitrogens with one attached hydrogen (secondary N) is 1. The topological polar surface area (TPSA) is 109 Å². The number of nitrogens with zero attached hydrogens (tertiary/aromatic N) is 1. The van der Waals surface area contributed by atoms with E-state index in [4.69, 9.17) is 28.1 Å². The third-order valence-corrected chi connectivity index (χ3v) is 7.21. The monoisotopic (exact) mass is 558 g/mol. The van der Waals surface area contributed by atoms with Gasteiger partial charge >= 0.3 is 0 Å². The van der Waals surface area contributed by atoms with Crippen molar-refractivity contribution in [3.63, 3.8) is 0 Å². The Morgan fingerprint density at radius 2 is 1.78 bits per heavy atom. The molecule has 0 saturated carbocycles. The number of likely N-dealkylation sites (tertiary alicyclic amines) is 1. The molecule has 2 aliphatic heterocycles. The third kappa shape index (κ3) is 5.38. The first-order chi connectivity index (χ1) is 20.0. The lowest BCUT2D eigenvalue weighted by Crippen LogP contribution is -2.25. The first-order valence-corrected chi connectivity index (χ1v) is 13.4. The largest absolute Gasteiger partial charge is 0.493 e. The normalized spacial score (nSPS) is 14.3. The molecule has 0 bridgehead atoms. The molecular weight excluding hydrogens is 528 g/mol. The summed E-state index contributed by atoms with van der Waals surface area (Å²) in [4.78, 5) is 28.7. The predicted molar refractivity (Wildman–Crippen MR) is 153 cm³/mol. The zero-order valence-corrected chi connectivity index (χ0v) is 22.9. The van der Waals surface area contributed by atoms with Crippen molar-refractivity contribution >= 4 is 22.6 Å². The van der Waals surface area contributed by atoms with Gasteiger partial charge in [0.1, 0.15) is 23.3 Å². The van der Waals surface area contributed by atoms with Crippen LogP contribution in [0.25, 0.3) is 22.3 Å². The summed E-state index contributed by atoms with van der Waals surface area (Å²) in [6.45, 7) is 3.35. The van der Waals surface area contributed by atoms with Crippen molar-refractivity contribution < 1.29 is 32.9 Å². The number of rotatable bonds is 9. The van der Waals surface area contributed by atoms with Crippen LogP contribution >= 0.6 is 0 Å². The number of carbonyl (C=O) groups excluding carboxylic acids is 1. The first-order valence-electron chi connectivity index (χ1n) is 13.4. The van der Waals surface area contributed by atoms with Gasteiger partial charge in [-0.1, -0.05) is 12.1 Å². The second-order valence-electron chi connectivity index (χ2n) is 9.79. The average Bonchev–Trinajstić information content (AvgIpc) is 3.68. The number of anilines is 1. The van der Waals surface area contributed by atoms with E-state index in [1.165, 1.54) is 33.1 Å². The minimum absolute atomic E-state index is 0.129. The molecule has 3 aromatic carbocycles. The van der Waals surface area contributed by atoms with E-state index in [0.29, 0.717) is 63.5 Å². The highest BCUT2D eigenvalue weighted by atomic mass is 16.7. The van der Waals surface area contributed by atoms with Crippen LogP contribution in [0.4, 0.5) is 5.69 Å². The minimum Gasteiger partial charge on any atom is -0.493 e. The number of hydrogen-bond donors (Lipinski definition) is 1. The van der Waals surface area contributed by atoms with Gasteiger partial charge in [0.15, 0.2) is 28.4 Å². The molecule has 3 heterocycles. The van der Waals surface area contributed by atoms with Gasteiger partial charge in [-0.25, -0.2) is 0 Å². The first kappa shape index (κ1) is 26.5. The van der Waals surface area contributed by atoms with Gasteiger partial charge in [0, 0.05) is 35.5 Å². The van der Waals surface area contributed by atoms with Crippen molar-refractivity contribution in [1.29, 1.82) is 0 Å². The van der Waals surface area contributed by atoms with Gasteiger partial charge in [0.25, 0.3) is 5.91 Å². The number of amides is 1. The standard InChI is InChI=1S/C31H30N2O8/c1-36-27-17-26-28(30(29(27)37-2)38-13-12-33-10-3-4-11-33)22(34)16-24(41-26)19-6-5-7-21(14-19)32-31(35)20-8-9-23-25(15-20)40-18-39-23/h5-9,14-17H,3-4,10-13,18H2,1-2H3,(H,32,35). The summed E-state index contributed by atoms with van der Waals surface area (Å²) in [5.74, 6) is 2.17. The Morgan fingerprint density at radius 3 is 2.59 bits per heavy atom. The Balaban J connectivity index is 1.29. The molecule has 41 heavy (non-hydrogen) atoms. The summed E-state index contributed by atoms with van der Waals surface area (Å²) in [5, 5.41) is 3.16. The number of benzene rings is 3. The van der Waals surface area contributed by atoms with Crippen LogP contribution in [0.1, 0.15) is 23.2 Å². The molecule has 1 aromatic heterocycles. The Morgan fingerprint density at radius 1 is 0.951 bits per heavy atom. The van der Waals surface area contributed by atoms with Crippen LogP contribution in [0, 0.1) is 0 Å². The maximum absolute atomic E-state index is 13.5. The second-order valence-corrected chi connectivity index (χ2v) is 9.79. The van der Waals surface area contributed by atoms with E-state index in [9.17, 15) is 9.59 Å². The molecule has 10 heteroatoms. The number of fused-ring (bicyclic) bond motifs is 2. The van der Waals surface area contributed by atoms with Gasteiger partial charge < -0.3 is 33.4 Å². The lowest BCUT2D eigenvalue weighted by Gasteiger charge is -2.18.